The molecular weight excluding hydrogens is 399 g/mol. The monoisotopic (exact) mass is 425 g/mol. The van der Waals surface area contributed by atoms with Gasteiger partial charge in [0.05, 0.1) is 32.4 Å². The second-order valence-corrected chi connectivity index (χ2v) is 5.77. The lowest BCUT2D eigenvalue weighted by Gasteiger charge is -2.19. The Bertz CT molecular complexity index is 1520. The van der Waals surface area contributed by atoms with Crippen molar-refractivity contribution in [2.45, 2.75) is 12.9 Å². The van der Waals surface area contributed by atoms with E-state index in [0.29, 0.717) is 0 Å². The first-order chi connectivity index (χ1) is 18.5. The summed E-state index contributed by atoms with van der Waals surface area (Å²) in [5.74, 6) is -3.06. The average Bonchev–Trinajstić information content (AvgIpc) is 3.03. The van der Waals surface area contributed by atoms with Crippen LogP contribution in [0.4, 0.5) is 13.2 Å². The highest BCUT2D eigenvalue weighted by molar-refractivity contribution is 5.98. The summed E-state index contributed by atoms with van der Waals surface area (Å²) in [5, 5.41) is 0. The van der Waals surface area contributed by atoms with Crippen molar-refractivity contribution in [1.82, 2.24) is 14.9 Å². The first-order valence-electron chi connectivity index (χ1n) is 13.3. The van der Waals surface area contributed by atoms with Gasteiger partial charge in [0.25, 0.3) is 5.91 Å². The number of rotatable bonds is 4. The molecule has 1 aliphatic heterocycles. The molecule has 1 aliphatic rings. The molecular formula is C21H16F3N3O3. The van der Waals surface area contributed by atoms with Crippen LogP contribution in [-0.4, -0.2) is 40.3 Å². The largest absolute Gasteiger partial charge is 0.573 e. The molecule has 1 amide bonds. The van der Waals surface area contributed by atoms with Gasteiger partial charge >= 0.3 is 6.36 Å². The Morgan fingerprint density at radius 1 is 1.10 bits per heavy atom. The van der Waals surface area contributed by atoms with Crippen molar-refractivity contribution in [1.29, 1.82) is 0 Å². The smallest absolute Gasteiger partial charge is 0.491 e. The Kier molecular flexibility index (Phi) is 2.93. The lowest BCUT2D eigenvalue weighted by molar-refractivity contribution is -0.274. The van der Waals surface area contributed by atoms with Gasteiger partial charge in [-0.1, -0.05) is 18.1 Å². The number of amides is 1. The minimum absolute atomic E-state index is 0.160. The first-order valence-corrected chi connectivity index (χ1v) is 8.28. The van der Waals surface area contributed by atoms with Crippen LogP contribution in [0.15, 0.2) is 60.7 Å². The highest BCUT2D eigenvalue weighted by Crippen LogP contribution is 2.31. The van der Waals surface area contributed by atoms with Crippen molar-refractivity contribution < 1.29 is 41.1 Å². The Labute approximate surface area is 183 Å². The summed E-state index contributed by atoms with van der Waals surface area (Å²) in [4.78, 5) is 22.1. The average molecular weight is 425 g/mol. The highest BCUT2D eigenvalue weighted by Gasteiger charge is 2.31. The zero-order valence-electron chi connectivity index (χ0n) is 24.8. The molecule has 0 saturated heterocycles. The number of aromatic nitrogens is 2. The van der Waals surface area contributed by atoms with Gasteiger partial charge in [-0.05, 0) is 41.3 Å². The van der Waals surface area contributed by atoms with E-state index >= 15 is 0 Å². The van der Waals surface area contributed by atoms with Gasteiger partial charge in [-0.15, -0.1) is 13.2 Å². The number of alkyl halides is 3. The van der Waals surface area contributed by atoms with Crippen molar-refractivity contribution in [3.05, 3.63) is 72.1 Å². The fourth-order valence-electron chi connectivity index (χ4n) is 2.52. The summed E-state index contributed by atoms with van der Waals surface area (Å²) in [6, 6.07) is -7.68. The molecule has 0 atom stereocenters. The molecule has 3 aromatic rings. The molecule has 2 aromatic carbocycles. The van der Waals surface area contributed by atoms with Crippen molar-refractivity contribution in [2.75, 3.05) is 13.2 Å². The van der Waals surface area contributed by atoms with E-state index in [1.807, 2.05) is 0 Å². The van der Waals surface area contributed by atoms with Crippen LogP contribution in [0.5, 0.6) is 11.5 Å². The summed E-state index contributed by atoms with van der Waals surface area (Å²) in [5.41, 5.74) is -2.13. The normalized spacial score (nSPS) is 18.6. The standard InChI is InChI=1S/C21H16F3N3O3/c22-21(23,24)30-16-5-2-14(3-6-16)15-4-7-18-17(12-15)20(28)27(10-11-29-18)13-19-25-8-1-9-26-19/h1-9,12H,10-11,13H2/i1D,2D,3D,4D,5D,6D,7D,8D,9D,12D. The van der Waals surface area contributed by atoms with Gasteiger partial charge in [-0.3, -0.25) is 4.79 Å². The Morgan fingerprint density at radius 3 is 2.50 bits per heavy atom. The fraction of sp³-hybridized carbons (Fsp3) is 0.190. The van der Waals surface area contributed by atoms with Crippen LogP contribution in [0.3, 0.4) is 0 Å². The lowest BCUT2D eigenvalue weighted by Crippen LogP contribution is -2.32. The molecule has 30 heavy (non-hydrogen) atoms. The van der Waals surface area contributed by atoms with Gasteiger partial charge in [0.15, 0.2) is 0 Å². The SMILES string of the molecule is [2H]c1nc(CN2CCOc3c([2H])c([2H])c(-c4c([2H])c([2H])c(OC(F)(F)F)c([2H])c4[2H])c([2H])c3C2=O)nc([2H])c1[2H]. The molecule has 0 N–H and O–H groups in total. The van der Waals surface area contributed by atoms with Gasteiger partial charge in [-0.25, -0.2) is 9.97 Å². The van der Waals surface area contributed by atoms with Crippen molar-refractivity contribution in [2.24, 2.45) is 0 Å². The Hall–Kier alpha value is -3.62. The van der Waals surface area contributed by atoms with E-state index < -0.39 is 108 Å². The van der Waals surface area contributed by atoms with Crippen LogP contribution in [0, 0.1) is 0 Å². The van der Waals surface area contributed by atoms with E-state index in [1.54, 1.807) is 0 Å². The molecule has 9 heteroatoms. The molecule has 0 aliphatic carbocycles. The van der Waals surface area contributed by atoms with Crippen molar-refractivity contribution in [3.63, 3.8) is 0 Å². The minimum atomic E-state index is -5.34. The maximum Gasteiger partial charge on any atom is 0.573 e. The molecule has 4 rings (SSSR count). The third-order valence-corrected chi connectivity index (χ3v) is 3.77. The number of nitrogens with zero attached hydrogens (tertiary/aromatic N) is 3. The van der Waals surface area contributed by atoms with Crippen molar-refractivity contribution >= 4 is 5.91 Å². The molecule has 0 saturated carbocycles. The van der Waals surface area contributed by atoms with Gasteiger partial charge in [0, 0.05) is 12.3 Å². The summed E-state index contributed by atoms with van der Waals surface area (Å²) in [7, 11) is 0. The number of ether oxygens (including phenoxy) is 2. The summed E-state index contributed by atoms with van der Waals surface area (Å²) < 4.78 is 128. The molecule has 6 nitrogen and oxygen atoms in total. The number of hydrogen-bond acceptors (Lipinski definition) is 5. The quantitative estimate of drug-likeness (QED) is 0.630. The zero-order chi connectivity index (χ0) is 29.8. The van der Waals surface area contributed by atoms with Crippen LogP contribution in [-0.2, 0) is 6.54 Å². The fourth-order valence-corrected chi connectivity index (χ4v) is 2.52. The molecule has 154 valence electrons. The molecule has 1 aromatic heterocycles. The topological polar surface area (TPSA) is 64.6 Å². The molecule has 2 heterocycles. The van der Waals surface area contributed by atoms with Gasteiger partial charge in [-0.2, -0.15) is 0 Å². The number of benzene rings is 2. The van der Waals surface area contributed by atoms with Crippen LogP contribution in [0.25, 0.3) is 11.1 Å². The van der Waals surface area contributed by atoms with Crippen LogP contribution < -0.4 is 9.47 Å². The summed E-state index contributed by atoms with van der Waals surface area (Å²) in [6.45, 7) is -0.799. The lowest BCUT2D eigenvalue weighted by atomic mass is 10.0. The second kappa shape index (κ2) is 8.02. The van der Waals surface area contributed by atoms with E-state index in [-0.39, 0.29) is 19.0 Å². The van der Waals surface area contributed by atoms with Gasteiger partial charge < -0.3 is 14.4 Å². The predicted octanol–water partition coefficient (Wildman–Crippen LogP) is 4.08. The molecule has 0 radical (unpaired) electrons. The van der Waals surface area contributed by atoms with Crippen LogP contribution in [0.2, 0.25) is 0 Å². The molecule has 0 unspecified atom stereocenters. The number of hydrogen-bond donors (Lipinski definition) is 0. The summed E-state index contributed by atoms with van der Waals surface area (Å²) >= 11 is 0. The summed E-state index contributed by atoms with van der Waals surface area (Å²) in [6.07, 6.45) is -6.47. The maximum absolute atomic E-state index is 13.5. The van der Waals surface area contributed by atoms with Gasteiger partial charge in [0.1, 0.15) is 23.9 Å². The van der Waals surface area contributed by atoms with Crippen LogP contribution in [0.1, 0.15) is 29.9 Å². The molecule has 0 bridgehead atoms. The number of halogens is 3. The number of carbonyl (C=O) groups excluding carboxylic acids is 1. The predicted molar refractivity (Wildman–Crippen MR) is 101 cm³/mol. The highest BCUT2D eigenvalue weighted by atomic mass is 19.4. The van der Waals surface area contributed by atoms with Crippen LogP contribution >= 0.6 is 0 Å². The molecule has 0 spiro atoms. The van der Waals surface area contributed by atoms with Gasteiger partial charge in [0.2, 0.25) is 0 Å². The van der Waals surface area contributed by atoms with E-state index in [9.17, 15) is 18.0 Å². The Morgan fingerprint density at radius 2 is 1.80 bits per heavy atom. The molecule has 0 fully saturated rings. The number of fused-ring (bicyclic) bond motifs is 1. The zero-order valence-corrected chi connectivity index (χ0v) is 14.8. The Balaban J connectivity index is 1.90. The third kappa shape index (κ3) is 4.51. The van der Waals surface area contributed by atoms with E-state index in [1.165, 1.54) is 0 Å². The maximum atomic E-state index is 13.5. The van der Waals surface area contributed by atoms with E-state index in [2.05, 4.69) is 14.7 Å². The number of carbonyl (C=O) groups is 1. The first kappa shape index (κ1) is 11.0. The minimum Gasteiger partial charge on any atom is -0.491 e. The van der Waals surface area contributed by atoms with E-state index in [0.717, 1.165) is 4.90 Å². The second-order valence-electron chi connectivity index (χ2n) is 5.77. The van der Waals surface area contributed by atoms with E-state index in [4.69, 9.17) is 18.4 Å². The third-order valence-electron chi connectivity index (χ3n) is 3.77. The van der Waals surface area contributed by atoms with Crippen molar-refractivity contribution in [3.8, 4) is 22.6 Å².